The highest BCUT2D eigenvalue weighted by molar-refractivity contribution is 4.99. The van der Waals surface area contributed by atoms with Crippen molar-refractivity contribution in [1.82, 2.24) is 5.32 Å². The summed E-state index contributed by atoms with van der Waals surface area (Å²) >= 11 is 0. The Morgan fingerprint density at radius 2 is 2.06 bits per heavy atom. The number of nitrogens with one attached hydrogen (secondary N) is 1. The van der Waals surface area contributed by atoms with Crippen LogP contribution >= 0.6 is 0 Å². The summed E-state index contributed by atoms with van der Waals surface area (Å²) in [4.78, 5) is 0. The molecular weight excluding hydrogens is 212 g/mol. The van der Waals surface area contributed by atoms with Crippen LogP contribution < -0.4 is 11.1 Å². The summed E-state index contributed by atoms with van der Waals surface area (Å²) in [5, 5.41) is 13.3. The van der Waals surface area contributed by atoms with Gasteiger partial charge in [0.25, 0.3) is 0 Å². The molecule has 2 saturated carbocycles. The van der Waals surface area contributed by atoms with E-state index in [1.807, 2.05) is 0 Å². The molecule has 4 N–H and O–H groups in total. The molecule has 2 aliphatic carbocycles. The number of nitrogens with two attached hydrogens (primary N) is 1. The highest BCUT2D eigenvalue weighted by Gasteiger charge is 2.39. The zero-order valence-corrected chi connectivity index (χ0v) is 11.1. The fourth-order valence-corrected chi connectivity index (χ4v) is 3.78. The Labute approximate surface area is 105 Å². The van der Waals surface area contributed by atoms with E-state index in [-0.39, 0.29) is 5.54 Å². The van der Waals surface area contributed by atoms with Gasteiger partial charge in [0.15, 0.2) is 0 Å². The maximum atomic E-state index is 9.47. The van der Waals surface area contributed by atoms with Gasteiger partial charge in [0, 0.05) is 24.7 Å². The van der Waals surface area contributed by atoms with Crippen molar-refractivity contribution in [1.29, 1.82) is 0 Å². The van der Waals surface area contributed by atoms with Crippen molar-refractivity contribution < 1.29 is 5.11 Å². The lowest BCUT2D eigenvalue weighted by Crippen LogP contribution is -2.56. The molecule has 0 spiro atoms. The summed E-state index contributed by atoms with van der Waals surface area (Å²) in [5.41, 5.74) is 6.17. The summed E-state index contributed by atoms with van der Waals surface area (Å²) < 4.78 is 0. The number of aliphatic hydroxyl groups excluding tert-OH is 1. The minimum absolute atomic E-state index is 0.162. The fourth-order valence-electron chi connectivity index (χ4n) is 3.78. The predicted molar refractivity (Wildman–Crippen MR) is 70.8 cm³/mol. The quantitative estimate of drug-likeness (QED) is 0.700. The first-order valence-electron chi connectivity index (χ1n) is 7.28. The van der Waals surface area contributed by atoms with Gasteiger partial charge in [-0.25, -0.2) is 0 Å². The summed E-state index contributed by atoms with van der Waals surface area (Å²) in [7, 11) is 0. The molecule has 3 heteroatoms. The predicted octanol–water partition coefficient (Wildman–Crippen LogP) is 1.64. The van der Waals surface area contributed by atoms with Gasteiger partial charge in [0.1, 0.15) is 0 Å². The average molecular weight is 240 g/mol. The van der Waals surface area contributed by atoms with Crippen LogP contribution in [0.25, 0.3) is 0 Å². The average Bonchev–Trinajstić information content (AvgIpc) is 2.72. The molecule has 2 rings (SSSR count). The fraction of sp³-hybridized carbons (Fsp3) is 1.00. The number of hydrogen-bond acceptors (Lipinski definition) is 3. The van der Waals surface area contributed by atoms with E-state index in [2.05, 4.69) is 12.2 Å². The minimum atomic E-state index is 0.162. The molecule has 4 atom stereocenters. The maximum absolute atomic E-state index is 9.47. The van der Waals surface area contributed by atoms with Crippen LogP contribution in [0.3, 0.4) is 0 Å². The van der Waals surface area contributed by atoms with Crippen LogP contribution in [0.15, 0.2) is 0 Å². The van der Waals surface area contributed by atoms with Crippen molar-refractivity contribution in [2.75, 3.05) is 13.2 Å². The molecule has 100 valence electrons. The lowest BCUT2D eigenvalue weighted by atomic mass is 9.82. The van der Waals surface area contributed by atoms with Crippen LogP contribution in [0, 0.1) is 11.8 Å². The number of aliphatic hydroxyl groups is 1. The molecule has 0 aromatic carbocycles. The molecule has 0 amide bonds. The molecule has 0 aromatic rings. The zero-order valence-electron chi connectivity index (χ0n) is 11.1. The molecule has 0 bridgehead atoms. The van der Waals surface area contributed by atoms with E-state index in [1.54, 1.807) is 0 Å². The second kappa shape index (κ2) is 5.68. The van der Waals surface area contributed by atoms with Crippen LogP contribution in [-0.4, -0.2) is 29.8 Å². The van der Waals surface area contributed by atoms with Crippen LogP contribution in [0.4, 0.5) is 0 Å². The van der Waals surface area contributed by atoms with Gasteiger partial charge in [-0.1, -0.05) is 19.8 Å². The number of hydrogen-bond donors (Lipinski definition) is 3. The molecule has 0 aliphatic heterocycles. The Morgan fingerprint density at radius 1 is 1.29 bits per heavy atom. The van der Waals surface area contributed by atoms with E-state index in [0.717, 1.165) is 12.5 Å². The first-order chi connectivity index (χ1) is 8.19. The van der Waals surface area contributed by atoms with Gasteiger partial charge < -0.3 is 16.2 Å². The summed E-state index contributed by atoms with van der Waals surface area (Å²) in [6.45, 7) is 3.39. The molecule has 17 heavy (non-hydrogen) atoms. The molecule has 4 unspecified atom stereocenters. The SMILES string of the molecule is CC1CCC(CN)(NC2CCCCC2CO)C1. The monoisotopic (exact) mass is 240 g/mol. The molecule has 0 heterocycles. The van der Waals surface area contributed by atoms with Crippen molar-refractivity contribution in [2.45, 2.75) is 63.5 Å². The van der Waals surface area contributed by atoms with Gasteiger partial charge in [0.05, 0.1) is 0 Å². The molecule has 0 saturated heterocycles. The Bertz CT molecular complexity index is 246. The van der Waals surface area contributed by atoms with Gasteiger partial charge in [-0.05, 0) is 43.9 Å². The topological polar surface area (TPSA) is 58.3 Å². The van der Waals surface area contributed by atoms with Crippen LogP contribution in [0.2, 0.25) is 0 Å². The summed E-state index contributed by atoms with van der Waals surface area (Å²) in [6, 6.07) is 0.489. The van der Waals surface area contributed by atoms with Crippen molar-refractivity contribution in [3.8, 4) is 0 Å². The number of rotatable bonds is 4. The van der Waals surface area contributed by atoms with Crippen LogP contribution in [-0.2, 0) is 0 Å². The van der Waals surface area contributed by atoms with Crippen molar-refractivity contribution in [2.24, 2.45) is 17.6 Å². The van der Waals surface area contributed by atoms with E-state index in [1.165, 1.54) is 44.9 Å². The van der Waals surface area contributed by atoms with Crippen molar-refractivity contribution in [3.63, 3.8) is 0 Å². The highest BCUT2D eigenvalue weighted by atomic mass is 16.3. The standard InChI is InChI=1S/C14H28N2O/c1-11-6-7-14(8-11,10-15)16-13-5-3-2-4-12(13)9-17/h11-13,16-17H,2-10,15H2,1H3. The maximum Gasteiger partial charge on any atom is 0.0474 e. The normalized spacial score (nSPS) is 42.9. The molecule has 3 nitrogen and oxygen atoms in total. The van der Waals surface area contributed by atoms with Crippen LogP contribution in [0.1, 0.15) is 51.9 Å². The Hall–Kier alpha value is -0.120. The molecule has 2 fully saturated rings. The lowest BCUT2D eigenvalue weighted by molar-refractivity contribution is 0.127. The Balaban J connectivity index is 1.97. The first-order valence-corrected chi connectivity index (χ1v) is 7.28. The second-order valence-corrected chi connectivity index (χ2v) is 6.31. The molecule has 2 aliphatic rings. The Kier molecular flexibility index (Phi) is 4.45. The summed E-state index contributed by atoms with van der Waals surface area (Å²) in [5.74, 6) is 1.24. The van der Waals surface area contributed by atoms with Gasteiger partial charge >= 0.3 is 0 Å². The Morgan fingerprint density at radius 3 is 2.65 bits per heavy atom. The van der Waals surface area contributed by atoms with Gasteiger partial charge in [0.2, 0.25) is 0 Å². The van der Waals surface area contributed by atoms with Crippen molar-refractivity contribution >= 4 is 0 Å². The summed E-state index contributed by atoms with van der Waals surface area (Å²) in [6.07, 6.45) is 8.66. The lowest BCUT2D eigenvalue weighted by Gasteiger charge is -2.39. The van der Waals surface area contributed by atoms with E-state index in [0.29, 0.717) is 18.6 Å². The molecule has 0 radical (unpaired) electrons. The first kappa shape index (κ1) is 13.3. The third-order valence-electron chi connectivity index (χ3n) is 4.88. The molecular formula is C14H28N2O. The third-order valence-corrected chi connectivity index (χ3v) is 4.88. The third kappa shape index (κ3) is 3.01. The zero-order chi connectivity index (χ0) is 12.3. The van der Waals surface area contributed by atoms with E-state index < -0.39 is 0 Å². The second-order valence-electron chi connectivity index (χ2n) is 6.31. The van der Waals surface area contributed by atoms with Gasteiger partial charge in [-0.3, -0.25) is 0 Å². The molecule has 0 aromatic heterocycles. The van der Waals surface area contributed by atoms with Gasteiger partial charge in [-0.15, -0.1) is 0 Å². The van der Waals surface area contributed by atoms with E-state index in [9.17, 15) is 5.11 Å². The van der Waals surface area contributed by atoms with E-state index in [4.69, 9.17) is 5.73 Å². The largest absolute Gasteiger partial charge is 0.396 e. The van der Waals surface area contributed by atoms with Crippen molar-refractivity contribution in [3.05, 3.63) is 0 Å². The minimum Gasteiger partial charge on any atom is -0.396 e. The smallest absolute Gasteiger partial charge is 0.0474 e. The van der Waals surface area contributed by atoms with E-state index >= 15 is 0 Å². The van der Waals surface area contributed by atoms with Crippen LogP contribution in [0.5, 0.6) is 0 Å². The van der Waals surface area contributed by atoms with Gasteiger partial charge in [-0.2, -0.15) is 0 Å². The highest BCUT2D eigenvalue weighted by Crippen LogP contribution is 2.36.